The molecule has 2 aliphatic rings. The fraction of sp³-hybridized carbons (Fsp3) is 0.188. The molecule has 3 heteroatoms. The van der Waals surface area contributed by atoms with Crippen molar-refractivity contribution in [1.82, 2.24) is 4.90 Å². The van der Waals surface area contributed by atoms with Gasteiger partial charge in [-0.25, -0.2) is 4.40 Å². The summed E-state index contributed by atoms with van der Waals surface area (Å²) < 4.78 is 4.80. The highest BCUT2D eigenvalue weighted by Gasteiger charge is 2.22. The maximum atomic E-state index is 4.80. The van der Waals surface area contributed by atoms with E-state index in [4.69, 9.17) is 4.40 Å². The summed E-state index contributed by atoms with van der Waals surface area (Å²) in [5, 5.41) is 0. The minimum Gasteiger partial charge on any atom is -0.331 e. The van der Waals surface area contributed by atoms with Gasteiger partial charge in [-0.2, -0.15) is 0 Å². The van der Waals surface area contributed by atoms with Gasteiger partial charge >= 0.3 is 0 Å². The lowest BCUT2D eigenvalue weighted by molar-refractivity contribution is 0.593. The van der Waals surface area contributed by atoms with Gasteiger partial charge in [-0.1, -0.05) is 41.6 Å². The lowest BCUT2D eigenvalue weighted by Gasteiger charge is -2.32. The number of amidine groups is 1. The van der Waals surface area contributed by atoms with Crippen molar-refractivity contribution in [1.29, 1.82) is 0 Å². The third-order valence-corrected chi connectivity index (χ3v) is 4.90. The van der Waals surface area contributed by atoms with E-state index in [2.05, 4.69) is 66.2 Å². The standard InChI is InChI=1S/C16H18N2S/c1-13-6-8-14(9-7-13)15-5-4-10-18-11-12-19(2,3)17-16(15)18/h4-10H,2-3,11-12H2,1H3. The van der Waals surface area contributed by atoms with Crippen LogP contribution in [-0.4, -0.2) is 34.8 Å². The van der Waals surface area contributed by atoms with Gasteiger partial charge in [-0.3, -0.25) is 0 Å². The normalized spacial score (nSPS) is 20.6. The molecule has 0 radical (unpaired) electrons. The minimum atomic E-state index is -1.33. The zero-order chi connectivity index (χ0) is 13.5. The summed E-state index contributed by atoms with van der Waals surface area (Å²) in [6.45, 7) is 3.06. The van der Waals surface area contributed by atoms with Crippen LogP contribution < -0.4 is 0 Å². The number of allylic oxidation sites excluding steroid dienone is 2. The monoisotopic (exact) mass is 270 g/mol. The first-order valence-corrected chi connectivity index (χ1v) is 8.44. The molecular weight excluding hydrogens is 252 g/mol. The van der Waals surface area contributed by atoms with Crippen LogP contribution in [0.5, 0.6) is 0 Å². The molecule has 0 spiro atoms. The van der Waals surface area contributed by atoms with Crippen LogP contribution in [0.4, 0.5) is 0 Å². The molecule has 0 aliphatic carbocycles. The van der Waals surface area contributed by atoms with Crippen molar-refractivity contribution >= 4 is 32.5 Å². The molecule has 19 heavy (non-hydrogen) atoms. The number of nitrogens with zero attached hydrogens (tertiary/aromatic N) is 2. The molecule has 0 bridgehead atoms. The number of hydrogen-bond donors (Lipinski definition) is 0. The van der Waals surface area contributed by atoms with Crippen molar-refractivity contribution < 1.29 is 0 Å². The Morgan fingerprint density at radius 3 is 2.68 bits per heavy atom. The maximum absolute atomic E-state index is 4.80. The lowest BCUT2D eigenvalue weighted by atomic mass is 10.0. The zero-order valence-corrected chi connectivity index (χ0v) is 12.0. The summed E-state index contributed by atoms with van der Waals surface area (Å²) in [4.78, 5) is 2.21. The van der Waals surface area contributed by atoms with Crippen molar-refractivity contribution in [3.8, 4) is 0 Å². The van der Waals surface area contributed by atoms with E-state index in [1.807, 2.05) is 0 Å². The molecule has 1 aromatic rings. The molecule has 0 aromatic heterocycles. The van der Waals surface area contributed by atoms with Crippen LogP contribution in [0.3, 0.4) is 0 Å². The molecule has 0 saturated carbocycles. The topological polar surface area (TPSA) is 15.6 Å². The third kappa shape index (κ3) is 2.38. The van der Waals surface area contributed by atoms with Crippen molar-refractivity contribution in [2.24, 2.45) is 4.40 Å². The second-order valence-corrected chi connectivity index (χ2v) is 7.69. The van der Waals surface area contributed by atoms with Crippen molar-refractivity contribution in [3.05, 3.63) is 53.7 Å². The summed E-state index contributed by atoms with van der Waals surface area (Å²) in [5.74, 6) is 10.3. The predicted molar refractivity (Wildman–Crippen MR) is 89.1 cm³/mol. The van der Waals surface area contributed by atoms with Gasteiger partial charge in [0.2, 0.25) is 0 Å². The van der Waals surface area contributed by atoms with Gasteiger partial charge in [0.15, 0.2) is 0 Å². The molecule has 2 aliphatic heterocycles. The Morgan fingerprint density at radius 1 is 1.21 bits per heavy atom. The third-order valence-electron chi connectivity index (χ3n) is 3.40. The highest BCUT2D eigenvalue weighted by molar-refractivity contribution is 8.26. The Kier molecular flexibility index (Phi) is 2.86. The smallest absolute Gasteiger partial charge is 0.147 e. The van der Waals surface area contributed by atoms with Gasteiger partial charge in [0.1, 0.15) is 5.84 Å². The van der Waals surface area contributed by atoms with E-state index in [0.717, 1.165) is 18.1 Å². The average Bonchev–Trinajstić information content (AvgIpc) is 2.38. The number of rotatable bonds is 1. The molecule has 2 nitrogen and oxygen atoms in total. The van der Waals surface area contributed by atoms with E-state index < -0.39 is 9.39 Å². The van der Waals surface area contributed by atoms with E-state index in [9.17, 15) is 0 Å². The Bertz CT molecular complexity index is 689. The van der Waals surface area contributed by atoms with E-state index >= 15 is 0 Å². The Hall–Kier alpha value is -1.74. The van der Waals surface area contributed by atoms with Gasteiger partial charge < -0.3 is 4.90 Å². The highest BCUT2D eigenvalue weighted by Crippen LogP contribution is 2.32. The predicted octanol–water partition coefficient (Wildman–Crippen LogP) is 3.20. The zero-order valence-electron chi connectivity index (χ0n) is 11.2. The van der Waals surface area contributed by atoms with Crippen LogP contribution in [0.25, 0.3) is 5.57 Å². The van der Waals surface area contributed by atoms with Crippen molar-refractivity contribution in [2.45, 2.75) is 6.92 Å². The van der Waals surface area contributed by atoms with E-state index in [1.54, 1.807) is 0 Å². The van der Waals surface area contributed by atoms with Crippen LogP contribution in [0.1, 0.15) is 11.1 Å². The summed E-state index contributed by atoms with van der Waals surface area (Å²) >= 11 is 0. The quantitative estimate of drug-likeness (QED) is 0.716. The molecule has 0 fully saturated rings. The SMILES string of the molecule is C=S1(=C)CCN2C=CC=C(c3ccc(C)cc3)C2=N1. The highest BCUT2D eigenvalue weighted by atomic mass is 32.2. The minimum absolute atomic E-state index is 0.959. The first-order chi connectivity index (χ1) is 9.05. The average molecular weight is 270 g/mol. The Labute approximate surface area is 115 Å². The number of hydrogen-bond acceptors (Lipinski definition) is 2. The first-order valence-electron chi connectivity index (χ1n) is 6.35. The van der Waals surface area contributed by atoms with Gasteiger partial charge in [0, 0.05) is 24.1 Å². The second-order valence-electron chi connectivity index (χ2n) is 5.10. The van der Waals surface area contributed by atoms with Gasteiger partial charge in [-0.15, -0.1) is 9.39 Å². The molecule has 0 atom stereocenters. The summed E-state index contributed by atoms with van der Waals surface area (Å²) in [6, 6.07) is 8.57. The van der Waals surface area contributed by atoms with Crippen LogP contribution in [0.15, 0.2) is 47.0 Å². The number of fused-ring (bicyclic) bond motifs is 1. The van der Waals surface area contributed by atoms with Gasteiger partial charge in [0.05, 0.1) is 0 Å². The van der Waals surface area contributed by atoms with Gasteiger partial charge in [-0.05, 0) is 24.6 Å². The molecule has 0 saturated heterocycles. The number of aryl methyl sites for hydroxylation is 1. The first kappa shape index (κ1) is 12.3. The maximum Gasteiger partial charge on any atom is 0.147 e. The summed E-state index contributed by atoms with van der Waals surface area (Å²) in [7, 11) is -1.33. The molecular formula is C16H18N2S. The molecule has 0 N–H and O–H groups in total. The van der Waals surface area contributed by atoms with E-state index in [1.165, 1.54) is 16.7 Å². The number of benzene rings is 1. The Morgan fingerprint density at radius 2 is 1.95 bits per heavy atom. The Balaban J connectivity index is 2.10. The van der Waals surface area contributed by atoms with Crippen LogP contribution in [-0.2, 0) is 0 Å². The summed E-state index contributed by atoms with van der Waals surface area (Å²) in [6.07, 6.45) is 6.30. The van der Waals surface area contributed by atoms with Crippen molar-refractivity contribution in [3.63, 3.8) is 0 Å². The van der Waals surface area contributed by atoms with Crippen LogP contribution in [0, 0.1) is 6.92 Å². The summed E-state index contributed by atoms with van der Waals surface area (Å²) in [5.41, 5.74) is 3.65. The molecule has 1 aromatic carbocycles. The molecule has 0 amide bonds. The van der Waals surface area contributed by atoms with Gasteiger partial charge in [0.25, 0.3) is 0 Å². The second kappa shape index (κ2) is 4.42. The lowest BCUT2D eigenvalue weighted by Crippen LogP contribution is -2.34. The van der Waals surface area contributed by atoms with E-state index in [-0.39, 0.29) is 0 Å². The molecule has 0 unspecified atom stereocenters. The van der Waals surface area contributed by atoms with Crippen molar-refractivity contribution in [2.75, 3.05) is 12.3 Å². The van der Waals surface area contributed by atoms with Crippen LogP contribution in [0.2, 0.25) is 0 Å². The fourth-order valence-electron chi connectivity index (χ4n) is 2.28. The molecule has 3 rings (SSSR count). The largest absolute Gasteiger partial charge is 0.331 e. The fourth-order valence-corrected chi connectivity index (χ4v) is 3.48. The van der Waals surface area contributed by atoms with Crippen LogP contribution >= 0.6 is 9.39 Å². The van der Waals surface area contributed by atoms with E-state index in [0.29, 0.717) is 0 Å². The molecule has 98 valence electrons. The molecule has 2 heterocycles.